The SMILES string of the molecule is CCc1ccc(O[P@@](C)(=O)Nc2ccccc2I)cc1. The summed E-state index contributed by atoms with van der Waals surface area (Å²) in [5, 5.41) is 2.99. The number of nitrogens with one attached hydrogen (secondary N) is 1. The van der Waals surface area contributed by atoms with Crippen molar-refractivity contribution >= 4 is 35.8 Å². The van der Waals surface area contributed by atoms with E-state index in [0.717, 1.165) is 15.7 Å². The van der Waals surface area contributed by atoms with Gasteiger partial charge in [-0.3, -0.25) is 4.57 Å². The summed E-state index contributed by atoms with van der Waals surface area (Å²) >= 11 is 2.20. The smallest absolute Gasteiger partial charge is 0.338 e. The topological polar surface area (TPSA) is 38.3 Å². The van der Waals surface area contributed by atoms with Crippen LogP contribution in [-0.4, -0.2) is 6.66 Å². The summed E-state index contributed by atoms with van der Waals surface area (Å²) in [6.07, 6.45) is 0.977. The second-order valence-electron chi connectivity index (χ2n) is 4.53. The van der Waals surface area contributed by atoms with Crippen molar-refractivity contribution in [3.63, 3.8) is 0 Å². The lowest BCUT2D eigenvalue weighted by molar-refractivity contribution is 0.493. The number of hydrogen-bond donors (Lipinski definition) is 1. The van der Waals surface area contributed by atoms with Crippen LogP contribution in [0.15, 0.2) is 48.5 Å². The van der Waals surface area contributed by atoms with Gasteiger partial charge in [0.15, 0.2) is 0 Å². The van der Waals surface area contributed by atoms with Gasteiger partial charge in [0.25, 0.3) is 0 Å². The Bertz CT molecular complexity index is 628. The molecule has 0 aliphatic carbocycles. The van der Waals surface area contributed by atoms with Crippen LogP contribution in [-0.2, 0) is 11.0 Å². The zero-order chi connectivity index (χ0) is 14.6. The first-order chi connectivity index (χ1) is 9.50. The Morgan fingerprint density at radius 2 is 1.80 bits per heavy atom. The van der Waals surface area contributed by atoms with E-state index in [4.69, 9.17) is 4.52 Å². The van der Waals surface area contributed by atoms with Crippen molar-refractivity contribution in [2.75, 3.05) is 11.8 Å². The van der Waals surface area contributed by atoms with Gasteiger partial charge in [-0.25, -0.2) is 0 Å². The van der Waals surface area contributed by atoms with Crippen molar-refractivity contribution < 1.29 is 9.09 Å². The average Bonchev–Trinajstić information content (AvgIpc) is 2.41. The van der Waals surface area contributed by atoms with Crippen LogP contribution in [0.2, 0.25) is 0 Å². The second-order valence-corrected chi connectivity index (χ2v) is 7.79. The molecule has 1 N–H and O–H groups in total. The molecular weight excluding hydrogens is 384 g/mol. The van der Waals surface area contributed by atoms with E-state index in [1.54, 1.807) is 6.66 Å². The molecule has 20 heavy (non-hydrogen) atoms. The molecule has 0 aromatic heterocycles. The Balaban J connectivity index is 2.10. The minimum Gasteiger partial charge on any atom is -0.429 e. The molecule has 0 spiro atoms. The molecule has 106 valence electrons. The second kappa shape index (κ2) is 6.64. The van der Waals surface area contributed by atoms with Crippen LogP contribution in [0.3, 0.4) is 0 Å². The van der Waals surface area contributed by atoms with Crippen molar-refractivity contribution in [2.45, 2.75) is 13.3 Å². The standard InChI is InChI=1S/C15H17INO2P/c1-3-12-8-10-13(11-9-12)19-20(2,18)17-15-7-5-4-6-14(15)16/h4-11H,3H2,1-2H3,(H,17,18)/t20-/m1/s1. The summed E-state index contributed by atoms with van der Waals surface area (Å²) in [6.45, 7) is 3.68. The number of para-hydroxylation sites is 1. The highest BCUT2D eigenvalue weighted by Crippen LogP contribution is 2.44. The largest absolute Gasteiger partial charge is 0.429 e. The molecule has 0 saturated heterocycles. The fraction of sp³-hybridized carbons (Fsp3) is 0.200. The minimum atomic E-state index is -2.94. The monoisotopic (exact) mass is 401 g/mol. The van der Waals surface area contributed by atoms with Crippen LogP contribution in [0.5, 0.6) is 5.75 Å². The van der Waals surface area contributed by atoms with E-state index in [-0.39, 0.29) is 0 Å². The van der Waals surface area contributed by atoms with E-state index in [0.29, 0.717) is 5.75 Å². The molecule has 3 nitrogen and oxygen atoms in total. The van der Waals surface area contributed by atoms with Crippen LogP contribution in [0.4, 0.5) is 5.69 Å². The fourth-order valence-electron chi connectivity index (χ4n) is 1.78. The Labute approximate surface area is 133 Å². The van der Waals surface area contributed by atoms with Crippen molar-refractivity contribution in [1.82, 2.24) is 0 Å². The van der Waals surface area contributed by atoms with Gasteiger partial charge in [-0.2, -0.15) is 0 Å². The molecule has 0 saturated carbocycles. The number of rotatable bonds is 5. The molecule has 0 aliphatic rings. The van der Waals surface area contributed by atoms with Gasteiger partial charge in [0.2, 0.25) is 0 Å². The highest BCUT2D eigenvalue weighted by atomic mass is 127. The number of anilines is 1. The Hall–Kier alpha value is -1.000. The van der Waals surface area contributed by atoms with Crippen molar-refractivity contribution in [3.8, 4) is 5.75 Å². The molecule has 0 aliphatic heterocycles. The summed E-state index contributed by atoms with van der Waals surface area (Å²) in [7, 11) is -2.94. The van der Waals surface area contributed by atoms with E-state index in [9.17, 15) is 4.57 Å². The van der Waals surface area contributed by atoms with Gasteiger partial charge in [0, 0.05) is 10.2 Å². The quantitative estimate of drug-likeness (QED) is 0.555. The van der Waals surface area contributed by atoms with Gasteiger partial charge in [-0.05, 0) is 58.8 Å². The molecule has 0 fully saturated rings. The molecule has 0 unspecified atom stereocenters. The normalized spacial score (nSPS) is 13.6. The van der Waals surface area contributed by atoms with Crippen LogP contribution in [0.1, 0.15) is 12.5 Å². The summed E-state index contributed by atoms with van der Waals surface area (Å²) in [6, 6.07) is 15.4. The van der Waals surface area contributed by atoms with Crippen LogP contribution < -0.4 is 9.61 Å². The molecule has 0 bridgehead atoms. The van der Waals surface area contributed by atoms with Gasteiger partial charge in [-0.1, -0.05) is 31.2 Å². The predicted molar refractivity (Wildman–Crippen MR) is 92.8 cm³/mol. The molecule has 0 heterocycles. The van der Waals surface area contributed by atoms with Crippen molar-refractivity contribution in [1.29, 1.82) is 0 Å². The van der Waals surface area contributed by atoms with E-state index >= 15 is 0 Å². The molecular formula is C15H17INO2P. The van der Waals surface area contributed by atoms with Crippen LogP contribution in [0, 0.1) is 3.57 Å². The van der Waals surface area contributed by atoms with E-state index in [1.807, 2.05) is 48.5 Å². The molecule has 1 atom stereocenters. The number of halogens is 1. The summed E-state index contributed by atoms with van der Waals surface area (Å²) in [4.78, 5) is 0. The lowest BCUT2D eigenvalue weighted by Gasteiger charge is -2.18. The van der Waals surface area contributed by atoms with E-state index < -0.39 is 7.52 Å². The Kier molecular flexibility index (Phi) is 5.11. The van der Waals surface area contributed by atoms with E-state index in [2.05, 4.69) is 34.6 Å². The average molecular weight is 401 g/mol. The zero-order valence-corrected chi connectivity index (χ0v) is 14.5. The molecule has 0 amide bonds. The van der Waals surface area contributed by atoms with Gasteiger partial charge in [0.1, 0.15) is 5.75 Å². The Morgan fingerprint density at radius 3 is 2.40 bits per heavy atom. The molecule has 5 heteroatoms. The molecule has 2 aromatic carbocycles. The third-order valence-electron chi connectivity index (χ3n) is 2.81. The highest BCUT2D eigenvalue weighted by Gasteiger charge is 2.18. The van der Waals surface area contributed by atoms with Crippen LogP contribution in [0.25, 0.3) is 0 Å². The minimum absolute atomic E-state index is 0.617. The maximum absolute atomic E-state index is 12.5. The lowest BCUT2D eigenvalue weighted by Crippen LogP contribution is -2.03. The molecule has 2 rings (SSSR count). The first-order valence-corrected chi connectivity index (χ1v) is 9.54. The Morgan fingerprint density at radius 1 is 1.15 bits per heavy atom. The van der Waals surface area contributed by atoms with Crippen LogP contribution >= 0.6 is 30.1 Å². The van der Waals surface area contributed by atoms with Gasteiger partial charge < -0.3 is 9.61 Å². The molecule has 0 radical (unpaired) electrons. The van der Waals surface area contributed by atoms with Gasteiger partial charge >= 0.3 is 7.52 Å². The fourth-order valence-corrected chi connectivity index (χ4v) is 3.72. The maximum atomic E-state index is 12.5. The number of hydrogen-bond acceptors (Lipinski definition) is 2. The summed E-state index contributed by atoms with van der Waals surface area (Å²) in [5.74, 6) is 0.617. The first kappa shape index (κ1) is 15.4. The first-order valence-electron chi connectivity index (χ1n) is 6.39. The lowest BCUT2D eigenvalue weighted by atomic mass is 10.2. The van der Waals surface area contributed by atoms with Crippen molar-refractivity contribution in [3.05, 3.63) is 57.7 Å². The zero-order valence-electron chi connectivity index (χ0n) is 11.5. The molecule has 2 aromatic rings. The third-order valence-corrected chi connectivity index (χ3v) is 4.96. The third kappa shape index (κ3) is 4.25. The van der Waals surface area contributed by atoms with Gasteiger partial charge in [-0.15, -0.1) is 0 Å². The summed E-state index contributed by atoms with van der Waals surface area (Å²) < 4.78 is 19.1. The number of benzene rings is 2. The maximum Gasteiger partial charge on any atom is 0.338 e. The van der Waals surface area contributed by atoms with Crippen molar-refractivity contribution in [2.24, 2.45) is 0 Å². The summed E-state index contributed by atoms with van der Waals surface area (Å²) in [5.41, 5.74) is 2.05. The highest BCUT2D eigenvalue weighted by molar-refractivity contribution is 14.1. The number of aryl methyl sites for hydroxylation is 1. The van der Waals surface area contributed by atoms with Gasteiger partial charge in [0.05, 0.1) is 5.69 Å². The van der Waals surface area contributed by atoms with E-state index in [1.165, 1.54) is 5.56 Å². The predicted octanol–water partition coefficient (Wildman–Crippen LogP) is 5.17.